The van der Waals surface area contributed by atoms with Crippen LogP contribution in [0.25, 0.3) is 0 Å². The average Bonchev–Trinajstić information content (AvgIpc) is 2.44. The highest BCUT2D eigenvalue weighted by Gasteiger charge is 2.30. The molecule has 2 unspecified atom stereocenters. The first-order valence-corrected chi connectivity index (χ1v) is 9.06. The highest BCUT2D eigenvalue weighted by atomic mass is 32.2. The van der Waals surface area contributed by atoms with Crippen molar-refractivity contribution in [1.29, 1.82) is 0 Å². The fourth-order valence-electron chi connectivity index (χ4n) is 2.63. The van der Waals surface area contributed by atoms with Crippen LogP contribution in [-0.4, -0.2) is 27.7 Å². The SMILES string of the molecule is CC1CC(CNS(=O)(=O)Cc2cccc(C(F)(F)F)c2)CCO1. The van der Waals surface area contributed by atoms with Crippen LogP contribution in [0, 0.1) is 5.92 Å². The van der Waals surface area contributed by atoms with Gasteiger partial charge in [0.2, 0.25) is 10.0 Å². The summed E-state index contributed by atoms with van der Waals surface area (Å²) in [6.45, 7) is 2.82. The Morgan fingerprint density at radius 1 is 1.35 bits per heavy atom. The van der Waals surface area contributed by atoms with Crippen molar-refractivity contribution in [2.24, 2.45) is 5.92 Å². The molecule has 1 heterocycles. The van der Waals surface area contributed by atoms with Crippen molar-refractivity contribution in [3.05, 3.63) is 35.4 Å². The minimum atomic E-state index is -4.48. The van der Waals surface area contributed by atoms with Gasteiger partial charge in [-0.1, -0.05) is 18.2 Å². The van der Waals surface area contributed by atoms with Crippen LogP contribution < -0.4 is 4.72 Å². The molecule has 1 aliphatic heterocycles. The summed E-state index contributed by atoms with van der Waals surface area (Å²) < 4.78 is 70.0. The van der Waals surface area contributed by atoms with E-state index in [9.17, 15) is 21.6 Å². The van der Waals surface area contributed by atoms with Gasteiger partial charge in [-0.2, -0.15) is 13.2 Å². The average molecular weight is 351 g/mol. The third-order valence-corrected chi connectivity index (χ3v) is 5.12. The smallest absolute Gasteiger partial charge is 0.378 e. The molecule has 0 amide bonds. The van der Waals surface area contributed by atoms with Gasteiger partial charge in [-0.3, -0.25) is 0 Å². The van der Waals surface area contributed by atoms with E-state index in [1.165, 1.54) is 12.1 Å². The molecule has 0 spiro atoms. The molecule has 130 valence electrons. The summed E-state index contributed by atoms with van der Waals surface area (Å²) in [5, 5.41) is 0. The Kier molecular flexibility index (Phi) is 5.70. The zero-order valence-electron chi connectivity index (χ0n) is 12.8. The summed E-state index contributed by atoms with van der Waals surface area (Å²) in [5.74, 6) is -0.273. The predicted octanol–water partition coefficient (Wildman–Crippen LogP) is 2.94. The third-order valence-electron chi connectivity index (χ3n) is 3.80. The van der Waals surface area contributed by atoms with Gasteiger partial charge < -0.3 is 4.74 Å². The number of hydrogen-bond donors (Lipinski definition) is 1. The molecule has 1 aromatic rings. The topological polar surface area (TPSA) is 55.4 Å². The van der Waals surface area contributed by atoms with E-state index in [-0.39, 0.29) is 24.1 Å². The van der Waals surface area contributed by atoms with Gasteiger partial charge in [0, 0.05) is 13.2 Å². The van der Waals surface area contributed by atoms with Gasteiger partial charge in [0.05, 0.1) is 17.4 Å². The Balaban J connectivity index is 1.95. The second-order valence-electron chi connectivity index (χ2n) is 5.88. The van der Waals surface area contributed by atoms with Crippen molar-refractivity contribution in [3.8, 4) is 0 Å². The molecular formula is C15H20F3NO3S. The number of benzene rings is 1. The van der Waals surface area contributed by atoms with E-state index in [1.54, 1.807) is 0 Å². The Bertz CT molecular complexity index is 631. The number of halogens is 3. The molecule has 4 nitrogen and oxygen atoms in total. The van der Waals surface area contributed by atoms with Crippen LogP contribution in [0.5, 0.6) is 0 Å². The van der Waals surface area contributed by atoms with Crippen molar-refractivity contribution in [2.75, 3.05) is 13.2 Å². The molecule has 2 rings (SSSR count). The number of ether oxygens (including phenoxy) is 1. The standard InChI is InChI=1S/C15H20F3NO3S/c1-11-7-12(5-6-22-11)9-19-23(20,21)10-13-3-2-4-14(8-13)15(16,17)18/h2-4,8,11-12,19H,5-7,9-10H2,1H3. The zero-order valence-corrected chi connectivity index (χ0v) is 13.6. The molecule has 1 aliphatic rings. The van der Waals surface area contributed by atoms with Crippen molar-refractivity contribution >= 4 is 10.0 Å². The van der Waals surface area contributed by atoms with Crippen molar-refractivity contribution < 1.29 is 26.3 Å². The van der Waals surface area contributed by atoms with Crippen LogP contribution in [0.15, 0.2) is 24.3 Å². The van der Waals surface area contributed by atoms with E-state index in [0.717, 1.165) is 25.0 Å². The van der Waals surface area contributed by atoms with Crippen molar-refractivity contribution in [3.63, 3.8) is 0 Å². The van der Waals surface area contributed by atoms with E-state index < -0.39 is 27.5 Å². The van der Waals surface area contributed by atoms with E-state index in [0.29, 0.717) is 6.61 Å². The molecule has 0 saturated carbocycles. The minimum Gasteiger partial charge on any atom is -0.378 e. The molecule has 23 heavy (non-hydrogen) atoms. The molecule has 1 aromatic carbocycles. The lowest BCUT2D eigenvalue weighted by atomic mass is 9.97. The van der Waals surface area contributed by atoms with Crippen LogP contribution in [0.3, 0.4) is 0 Å². The number of alkyl halides is 3. The zero-order chi connectivity index (χ0) is 17.1. The lowest BCUT2D eigenvalue weighted by Gasteiger charge is -2.27. The van der Waals surface area contributed by atoms with E-state index >= 15 is 0 Å². The summed E-state index contributed by atoms with van der Waals surface area (Å²) in [6, 6.07) is 4.39. The fraction of sp³-hybridized carbons (Fsp3) is 0.600. The van der Waals surface area contributed by atoms with Gasteiger partial charge >= 0.3 is 6.18 Å². The molecule has 1 fully saturated rings. The van der Waals surface area contributed by atoms with E-state index in [1.807, 2.05) is 6.92 Å². The normalized spacial score (nSPS) is 23.0. The Morgan fingerprint density at radius 2 is 2.09 bits per heavy atom. The molecule has 1 N–H and O–H groups in total. The highest BCUT2D eigenvalue weighted by molar-refractivity contribution is 7.88. The number of rotatable bonds is 5. The fourth-order valence-corrected chi connectivity index (χ4v) is 3.84. The summed E-state index contributed by atoms with van der Waals surface area (Å²) in [6.07, 6.45) is -2.84. The maximum atomic E-state index is 12.7. The molecule has 0 radical (unpaired) electrons. The first-order valence-electron chi connectivity index (χ1n) is 7.41. The molecular weight excluding hydrogens is 331 g/mol. The molecule has 1 saturated heterocycles. The van der Waals surface area contributed by atoms with E-state index in [2.05, 4.69) is 4.72 Å². The molecule has 2 atom stereocenters. The molecule has 8 heteroatoms. The highest BCUT2D eigenvalue weighted by Crippen LogP contribution is 2.29. The lowest BCUT2D eigenvalue weighted by Crippen LogP contribution is -2.34. The van der Waals surface area contributed by atoms with Crippen LogP contribution in [-0.2, 0) is 26.7 Å². The first kappa shape index (κ1) is 18.2. The monoisotopic (exact) mass is 351 g/mol. The minimum absolute atomic E-state index is 0.0988. The largest absolute Gasteiger partial charge is 0.416 e. The maximum absolute atomic E-state index is 12.7. The molecule has 0 aromatic heterocycles. The third kappa shape index (κ3) is 5.78. The summed E-state index contributed by atoms with van der Waals surface area (Å²) in [7, 11) is -3.67. The Hall–Kier alpha value is -1.12. The van der Waals surface area contributed by atoms with Crippen LogP contribution in [0.4, 0.5) is 13.2 Å². The second-order valence-corrected chi connectivity index (χ2v) is 7.68. The van der Waals surface area contributed by atoms with Gasteiger partial charge in [0.25, 0.3) is 0 Å². The number of sulfonamides is 1. The summed E-state index contributed by atoms with van der Waals surface area (Å²) in [5.41, 5.74) is -0.726. The molecule has 0 aliphatic carbocycles. The van der Waals surface area contributed by atoms with Crippen LogP contribution >= 0.6 is 0 Å². The quantitative estimate of drug-likeness (QED) is 0.887. The van der Waals surface area contributed by atoms with Gasteiger partial charge in [0.15, 0.2) is 0 Å². The number of hydrogen-bond acceptors (Lipinski definition) is 3. The Morgan fingerprint density at radius 3 is 2.74 bits per heavy atom. The second kappa shape index (κ2) is 7.19. The summed E-state index contributed by atoms with van der Waals surface area (Å²) >= 11 is 0. The number of nitrogens with one attached hydrogen (secondary N) is 1. The van der Waals surface area contributed by atoms with Crippen LogP contribution in [0.2, 0.25) is 0 Å². The predicted molar refractivity (Wildman–Crippen MR) is 80.2 cm³/mol. The Labute approximate surface area is 134 Å². The van der Waals surface area contributed by atoms with E-state index in [4.69, 9.17) is 4.74 Å². The van der Waals surface area contributed by atoms with Gasteiger partial charge in [0.1, 0.15) is 0 Å². The lowest BCUT2D eigenvalue weighted by molar-refractivity contribution is -0.137. The van der Waals surface area contributed by atoms with Crippen molar-refractivity contribution in [2.45, 2.75) is 37.8 Å². The maximum Gasteiger partial charge on any atom is 0.416 e. The van der Waals surface area contributed by atoms with Gasteiger partial charge in [-0.25, -0.2) is 13.1 Å². The van der Waals surface area contributed by atoms with Gasteiger partial charge in [-0.05, 0) is 37.3 Å². The van der Waals surface area contributed by atoms with Crippen LogP contribution in [0.1, 0.15) is 30.9 Å². The molecule has 0 bridgehead atoms. The van der Waals surface area contributed by atoms with Gasteiger partial charge in [-0.15, -0.1) is 0 Å². The summed E-state index contributed by atoms with van der Waals surface area (Å²) in [4.78, 5) is 0. The first-order chi connectivity index (χ1) is 10.7. The van der Waals surface area contributed by atoms with Crippen molar-refractivity contribution in [1.82, 2.24) is 4.72 Å².